The third kappa shape index (κ3) is 4.96. The van der Waals surface area contributed by atoms with Crippen LogP contribution in [0.25, 0.3) is 0 Å². The molecule has 0 unspecified atom stereocenters. The second-order valence-corrected chi connectivity index (χ2v) is 10.5. The summed E-state index contributed by atoms with van der Waals surface area (Å²) in [4.78, 5) is 17.0. The molecule has 4 aliphatic rings. The van der Waals surface area contributed by atoms with Gasteiger partial charge in [-0.2, -0.15) is 0 Å². The Kier molecular flexibility index (Phi) is 5.82. The van der Waals surface area contributed by atoms with Gasteiger partial charge in [-0.3, -0.25) is 4.98 Å². The molecular formula is C26H36N6. The zero-order chi connectivity index (χ0) is 21.3. The largest absolute Gasteiger partial charge is 0.324 e. The topological polar surface area (TPSA) is 66.0 Å². The fourth-order valence-corrected chi connectivity index (χ4v) is 5.44. The van der Waals surface area contributed by atoms with Gasteiger partial charge in [0.2, 0.25) is 0 Å². The lowest BCUT2D eigenvalue weighted by atomic mass is 9.86. The van der Waals surface area contributed by atoms with Crippen molar-refractivity contribution in [3.63, 3.8) is 0 Å². The van der Waals surface area contributed by atoms with Crippen LogP contribution in [0.2, 0.25) is 0 Å². The summed E-state index contributed by atoms with van der Waals surface area (Å²) in [5, 5.41) is 6.98. The van der Waals surface area contributed by atoms with Crippen LogP contribution in [0.4, 0.5) is 11.6 Å². The van der Waals surface area contributed by atoms with E-state index in [0.717, 1.165) is 36.3 Å². The predicted octanol–water partition coefficient (Wildman–Crippen LogP) is 4.55. The Bertz CT molecular complexity index is 906. The molecule has 2 aromatic heterocycles. The SMILES string of the molecule is c1nc(C2CC2)cnc1Nc1cc(C2CCN(CC3CC3)CC2)cc(C2CCNCC2)n1. The van der Waals surface area contributed by atoms with Gasteiger partial charge < -0.3 is 15.5 Å². The Morgan fingerprint density at radius 1 is 0.781 bits per heavy atom. The van der Waals surface area contributed by atoms with Gasteiger partial charge in [0, 0.05) is 24.1 Å². The highest BCUT2D eigenvalue weighted by molar-refractivity contribution is 5.53. The second kappa shape index (κ2) is 9.06. The number of hydrogen-bond acceptors (Lipinski definition) is 6. The highest BCUT2D eigenvalue weighted by Crippen LogP contribution is 2.39. The van der Waals surface area contributed by atoms with Crippen molar-refractivity contribution in [1.82, 2.24) is 25.2 Å². The lowest BCUT2D eigenvalue weighted by Gasteiger charge is -2.33. The molecule has 0 atom stereocenters. The van der Waals surface area contributed by atoms with Crippen LogP contribution in [0.1, 0.15) is 86.1 Å². The number of nitrogens with one attached hydrogen (secondary N) is 2. The standard InChI is InChI=1S/C26H36N6/c1-2-18(1)17-32-11-7-19(8-12-32)22-13-23(21-5-9-27-10-6-21)30-25(14-22)31-26-16-28-24(15-29-26)20-3-4-20/h13-16,18-21,27H,1-12,17H2,(H,29,30,31). The summed E-state index contributed by atoms with van der Waals surface area (Å²) < 4.78 is 0. The van der Waals surface area contributed by atoms with Gasteiger partial charge in [0.05, 0.1) is 18.1 Å². The van der Waals surface area contributed by atoms with Gasteiger partial charge in [-0.1, -0.05) is 0 Å². The molecule has 32 heavy (non-hydrogen) atoms. The second-order valence-electron chi connectivity index (χ2n) is 10.5. The van der Waals surface area contributed by atoms with E-state index in [1.807, 2.05) is 12.4 Å². The van der Waals surface area contributed by atoms with E-state index in [-0.39, 0.29) is 0 Å². The van der Waals surface area contributed by atoms with Crippen molar-refractivity contribution in [2.24, 2.45) is 5.92 Å². The maximum absolute atomic E-state index is 5.06. The third-order valence-corrected chi connectivity index (χ3v) is 7.82. The van der Waals surface area contributed by atoms with Gasteiger partial charge in [-0.25, -0.2) is 9.97 Å². The normalized spacial score (nSPS) is 23.4. The highest BCUT2D eigenvalue weighted by atomic mass is 15.1. The minimum Gasteiger partial charge on any atom is -0.324 e. The maximum Gasteiger partial charge on any atom is 0.150 e. The molecule has 2 N–H and O–H groups in total. The monoisotopic (exact) mass is 432 g/mol. The van der Waals surface area contributed by atoms with E-state index in [9.17, 15) is 0 Å². The molecule has 2 saturated carbocycles. The Labute approximate surface area is 191 Å². The quantitative estimate of drug-likeness (QED) is 0.669. The van der Waals surface area contributed by atoms with E-state index in [0.29, 0.717) is 17.8 Å². The number of pyridine rings is 1. The van der Waals surface area contributed by atoms with Crippen LogP contribution in [0, 0.1) is 5.92 Å². The number of aromatic nitrogens is 3. The first-order chi connectivity index (χ1) is 15.8. The predicted molar refractivity (Wildman–Crippen MR) is 128 cm³/mol. The molecule has 2 aromatic rings. The Morgan fingerprint density at radius 3 is 2.25 bits per heavy atom. The first-order valence-electron chi connectivity index (χ1n) is 12.8. The van der Waals surface area contributed by atoms with Crippen molar-refractivity contribution < 1.29 is 0 Å². The van der Waals surface area contributed by atoms with E-state index < -0.39 is 0 Å². The van der Waals surface area contributed by atoms with E-state index in [4.69, 9.17) is 4.98 Å². The summed E-state index contributed by atoms with van der Waals surface area (Å²) >= 11 is 0. The average molecular weight is 433 g/mol. The van der Waals surface area contributed by atoms with Crippen LogP contribution in [-0.2, 0) is 0 Å². The zero-order valence-corrected chi connectivity index (χ0v) is 19.1. The zero-order valence-electron chi connectivity index (χ0n) is 19.1. The first kappa shape index (κ1) is 20.5. The number of piperidine rings is 2. The van der Waals surface area contributed by atoms with Crippen LogP contribution in [0.15, 0.2) is 24.5 Å². The van der Waals surface area contributed by atoms with Crippen molar-refractivity contribution in [1.29, 1.82) is 0 Å². The molecule has 0 bridgehead atoms. The lowest BCUT2D eigenvalue weighted by Crippen LogP contribution is -2.34. The number of rotatable bonds is 7. The van der Waals surface area contributed by atoms with Gasteiger partial charge in [0.1, 0.15) is 11.6 Å². The summed E-state index contributed by atoms with van der Waals surface area (Å²) in [5.41, 5.74) is 3.85. The number of nitrogens with zero attached hydrogens (tertiary/aromatic N) is 4. The molecule has 6 nitrogen and oxygen atoms in total. The van der Waals surface area contributed by atoms with Gasteiger partial charge in [-0.05, 0) is 107 Å². The molecule has 0 spiro atoms. The minimum absolute atomic E-state index is 0.551. The van der Waals surface area contributed by atoms with Crippen LogP contribution in [0.5, 0.6) is 0 Å². The van der Waals surface area contributed by atoms with Crippen molar-refractivity contribution in [3.05, 3.63) is 41.5 Å². The summed E-state index contributed by atoms with van der Waals surface area (Å²) in [7, 11) is 0. The molecule has 4 heterocycles. The van der Waals surface area contributed by atoms with Gasteiger partial charge in [0.15, 0.2) is 0 Å². The molecule has 170 valence electrons. The highest BCUT2D eigenvalue weighted by Gasteiger charge is 2.29. The van der Waals surface area contributed by atoms with Gasteiger partial charge >= 0.3 is 0 Å². The van der Waals surface area contributed by atoms with E-state index in [1.165, 1.54) is 82.3 Å². The molecule has 4 fully saturated rings. The molecule has 6 heteroatoms. The molecule has 2 aliphatic carbocycles. The number of anilines is 2. The van der Waals surface area contributed by atoms with E-state index in [2.05, 4.69) is 37.6 Å². The smallest absolute Gasteiger partial charge is 0.150 e. The fraction of sp³-hybridized carbons (Fsp3) is 0.654. The van der Waals surface area contributed by atoms with Crippen LogP contribution in [-0.4, -0.2) is 52.6 Å². The number of likely N-dealkylation sites (tertiary alicyclic amines) is 1. The molecule has 2 aliphatic heterocycles. The first-order valence-corrected chi connectivity index (χ1v) is 12.8. The van der Waals surface area contributed by atoms with E-state index in [1.54, 1.807) is 0 Å². The van der Waals surface area contributed by atoms with Crippen LogP contribution < -0.4 is 10.6 Å². The van der Waals surface area contributed by atoms with Crippen molar-refractivity contribution in [2.75, 3.05) is 38.0 Å². The number of hydrogen-bond donors (Lipinski definition) is 2. The molecule has 0 aromatic carbocycles. The average Bonchev–Trinajstić information content (AvgIpc) is 3.76. The fourth-order valence-electron chi connectivity index (χ4n) is 5.44. The van der Waals surface area contributed by atoms with E-state index >= 15 is 0 Å². The molecule has 0 radical (unpaired) electrons. The van der Waals surface area contributed by atoms with Crippen LogP contribution >= 0.6 is 0 Å². The van der Waals surface area contributed by atoms with Gasteiger partial charge in [0.25, 0.3) is 0 Å². The van der Waals surface area contributed by atoms with Crippen molar-refractivity contribution >= 4 is 11.6 Å². The Balaban J connectivity index is 1.21. The summed E-state index contributed by atoms with van der Waals surface area (Å²) in [6.45, 7) is 5.98. The molecule has 2 saturated heterocycles. The lowest BCUT2D eigenvalue weighted by molar-refractivity contribution is 0.204. The minimum atomic E-state index is 0.551. The molecular weight excluding hydrogens is 396 g/mol. The van der Waals surface area contributed by atoms with Gasteiger partial charge in [-0.15, -0.1) is 0 Å². The summed E-state index contributed by atoms with van der Waals surface area (Å²) in [5.74, 6) is 4.55. The molecule has 6 rings (SSSR count). The summed E-state index contributed by atoms with van der Waals surface area (Å²) in [6.07, 6.45) is 14.1. The molecule has 0 amide bonds. The summed E-state index contributed by atoms with van der Waals surface area (Å²) in [6, 6.07) is 4.70. The van der Waals surface area contributed by atoms with Crippen LogP contribution in [0.3, 0.4) is 0 Å². The van der Waals surface area contributed by atoms with Crippen molar-refractivity contribution in [2.45, 2.75) is 69.1 Å². The Morgan fingerprint density at radius 2 is 1.56 bits per heavy atom. The maximum atomic E-state index is 5.06. The Hall–Kier alpha value is -2.05. The third-order valence-electron chi connectivity index (χ3n) is 7.82. The van der Waals surface area contributed by atoms with Crippen molar-refractivity contribution in [3.8, 4) is 0 Å².